The maximum absolute atomic E-state index is 14.2. The fourth-order valence-electron chi connectivity index (χ4n) is 16.1. The Morgan fingerprint density at radius 1 is 0.674 bits per heavy atom. The zero-order valence-electron chi connectivity index (χ0n) is 27.7. The summed E-state index contributed by atoms with van der Waals surface area (Å²) >= 11 is 0. The van der Waals surface area contributed by atoms with E-state index in [1.807, 2.05) is 0 Å². The SMILES string of the molecule is CC=C1C[N+]2(C)CCC34c5ccccc5N5C6C(C(C1CC32)C54O)N1c2ccccc2C23CC[N+]4(C)C/C(=C/C)C(CC24)C6C13O. The number of hydrogen-bond acceptors (Lipinski definition) is 4. The summed E-state index contributed by atoms with van der Waals surface area (Å²) in [6.45, 7) is 8.92. The minimum atomic E-state index is -0.974. The number of allylic oxidation sites excluding steroid dienone is 2. The van der Waals surface area contributed by atoms with Crippen LogP contribution in [0.2, 0.25) is 0 Å². The molecule has 0 aromatic heterocycles. The van der Waals surface area contributed by atoms with Crippen molar-refractivity contribution >= 4 is 11.4 Å². The van der Waals surface area contributed by atoms with Crippen LogP contribution in [0.1, 0.15) is 50.7 Å². The highest BCUT2D eigenvalue weighted by molar-refractivity contribution is 5.78. The molecule has 46 heavy (non-hydrogen) atoms. The Balaban J connectivity index is 1.20. The van der Waals surface area contributed by atoms with Crippen LogP contribution in [0.25, 0.3) is 0 Å². The van der Waals surface area contributed by atoms with Crippen molar-refractivity contribution < 1.29 is 19.2 Å². The Morgan fingerprint density at radius 2 is 1.09 bits per heavy atom. The number of hydrogen-bond donors (Lipinski definition) is 2. The molecule has 2 aromatic carbocycles. The van der Waals surface area contributed by atoms with Gasteiger partial charge in [-0.15, -0.1) is 0 Å². The Labute approximate surface area is 272 Å². The average Bonchev–Trinajstić information content (AvgIpc) is 3.81. The number of benzene rings is 2. The van der Waals surface area contributed by atoms with Crippen molar-refractivity contribution in [3.8, 4) is 0 Å². The molecule has 2 aliphatic carbocycles. The lowest BCUT2D eigenvalue weighted by molar-refractivity contribution is -0.925. The molecule has 6 saturated heterocycles. The van der Waals surface area contributed by atoms with Gasteiger partial charge in [0, 0.05) is 60.7 Å². The third-order valence-corrected chi connectivity index (χ3v) is 17.2. The molecular weight excluding hydrogens is 568 g/mol. The summed E-state index contributed by atoms with van der Waals surface area (Å²) in [6, 6.07) is 19.3. The van der Waals surface area contributed by atoms with Gasteiger partial charge >= 0.3 is 0 Å². The van der Waals surface area contributed by atoms with Crippen molar-refractivity contribution in [3.63, 3.8) is 0 Å². The predicted octanol–water partition coefficient (Wildman–Crippen LogP) is 4.27. The number of anilines is 2. The van der Waals surface area contributed by atoms with Crippen LogP contribution >= 0.6 is 0 Å². The molecule has 4 bridgehead atoms. The molecule has 0 radical (unpaired) electrons. The molecule has 6 nitrogen and oxygen atoms in total. The Bertz CT molecular complexity index is 1740. The molecule has 2 N–H and O–H groups in total. The number of fused-ring (bicyclic) bond motifs is 13. The number of para-hydroxylation sites is 2. The largest absolute Gasteiger partial charge is 0.369 e. The third kappa shape index (κ3) is 2.14. The topological polar surface area (TPSA) is 46.9 Å². The van der Waals surface area contributed by atoms with Crippen LogP contribution in [0, 0.1) is 23.7 Å². The van der Waals surface area contributed by atoms with Crippen LogP contribution in [0.5, 0.6) is 0 Å². The Hall–Kier alpha value is -2.64. The molecule has 0 amide bonds. The van der Waals surface area contributed by atoms with Gasteiger partial charge in [0.2, 0.25) is 0 Å². The van der Waals surface area contributed by atoms with Crippen LogP contribution in [0.4, 0.5) is 11.4 Å². The fourth-order valence-corrected chi connectivity index (χ4v) is 16.1. The molecule has 238 valence electrons. The van der Waals surface area contributed by atoms with Crippen molar-refractivity contribution in [2.45, 2.75) is 86.0 Å². The van der Waals surface area contributed by atoms with Crippen molar-refractivity contribution in [2.75, 3.05) is 50.1 Å². The van der Waals surface area contributed by atoms with E-state index in [0.717, 1.165) is 60.8 Å². The zero-order valence-corrected chi connectivity index (χ0v) is 27.7. The van der Waals surface area contributed by atoms with E-state index in [-0.39, 0.29) is 34.7 Å². The molecule has 8 heterocycles. The molecule has 8 aliphatic heterocycles. The summed E-state index contributed by atoms with van der Waals surface area (Å²) in [7, 11) is 4.97. The first-order valence-electron chi connectivity index (χ1n) is 18.4. The number of quaternary nitrogens is 2. The summed E-state index contributed by atoms with van der Waals surface area (Å²) in [5.74, 6) is 0.713. The second-order valence-electron chi connectivity index (χ2n) is 17.9. The van der Waals surface area contributed by atoms with Crippen molar-refractivity contribution in [2.24, 2.45) is 23.7 Å². The van der Waals surface area contributed by atoms with E-state index in [9.17, 15) is 10.2 Å². The normalized spacial score (nSPS) is 56.7. The van der Waals surface area contributed by atoms with Crippen LogP contribution in [-0.2, 0) is 10.8 Å². The first-order chi connectivity index (χ1) is 22.2. The van der Waals surface area contributed by atoms with Crippen molar-refractivity contribution in [1.29, 1.82) is 0 Å². The van der Waals surface area contributed by atoms with E-state index in [1.165, 1.54) is 22.5 Å². The van der Waals surface area contributed by atoms with Gasteiger partial charge in [0.25, 0.3) is 0 Å². The maximum atomic E-state index is 14.2. The molecule has 6 heteroatoms. The van der Waals surface area contributed by atoms with Gasteiger partial charge in [0.1, 0.15) is 36.0 Å². The fraction of sp³-hybridized carbons (Fsp3) is 0.600. The quantitative estimate of drug-likeness (QED) is 0.343. The van der Waals surface area contributed by atoms with Crippen molar-refractivity contribution in [1.82, 2.24) is 0 Å². The third-order valence-electron chi connectivity index (χ3n) is 17.2. The summed E-state index contributed by atoms with van der Waals surface area (Å²) < 4.78 is 2.10. The minimum absolute atomic E-state index is 0.0354. The predicted molar refractivity (Wildman–Crippen MR) is 178 cm³/mol. The molecule has 12 rings (SSSR count). The molecule has 8 fully saturated rings. The first-order valence-corrected chi connectivity index (χ1v) is 18.4. The average molecular weight is 617 g/mol. The smallest absolute Gasteiger partial charge is 0.159 e. The molecule has 14 atom stereocenters. The highest BCUT2D eigenvalue weighted by Gasteiger charge is 2.91. The van der Waals surface area contributed by atoms with E-state index in [0.29, 0.717) is 23.9 Å². The number of aliphatic hydroxyl groups is 2. The van der Waals surface area contributed by atoms with Crippen LogP contribution in [0.3, 0.4) is 0 Å². The summed E-state index contributed by atoms with van der Waals surface area (Å²) in [6.07, 6.45) is 9.18. The van der Waals surface area contributed by atoms with E-state index >= 15 is 0 Å². The van der Waals surface area contributed by atoms with Gasteiger partial charge in [0.15, 0.2) is 11.4 Å². The first kappa shape index (κ1) is 26.3. The van der Waals surface area contributed by atoms with E-state index in [2.05, 4.69) is 98.4 Å². The van der Waals surface area contributed by atoms with Gasteiger partial charge in [-0.05, 0) is 48.3 Å². The molecule has 14 unspecified atom stereocenters. The second kappa shape index (κ2) is 7.34. The summed E-state index contributed by atoms with van der Waals surface area (Å²) in [5, 5.41) is 28.4. The van der Waals surface area contributed by atoms with Gasteiger partial charge in [-0.25, -0.2) is 0 Å². The molecule has 2 spiro atoms. The lowest BCUT2D eigenvalue weighted by Gasteiger charge is -2.62. The van der Waals surface area contributed by atoms with Gasteiger partial charge in [0.05, 0.1) is 39.3 Å². The Kier molecular flexibility index (Phi) is 4.20. The van der Waals surface area contributed by atoms with Gasteiger partial charge in [-0.2, -0.15) is 0 Å². The van der Waals surface area contributed by atoms with E-state index < -0.39 is 11.4 Å². The highest BCUT2D eigenvalue weighted by Crippen LogP contribution is 2.80. The highest BCUT2D eigenvalue weighted by atomic mass is 16.3. The van der Waals surface area contributed by atoms with Crippen LogP contribution < -0.4 is 9.80 Å². The van der Waals surface area contributed by atoms with Gasteiger partial charge in [-0.1, -0.05) is 48.6 Å². The lowest BCUT2D eigenvalue weighted by atomic mass is 9.52. The number of likely N-dealkylation sites (N-methyl/N-ethyl adjacent to an activating group) is 2. The number of rotatable bonds is 0. The number of piperidine rings is 2. The van der Waals surface area contributed by atoms with Gasteiger partial charge in [-0.3, -0.25) is 0 Å². The van der Waals surface area contributed by atoms with Crippen molar-refractivity contribution in [3.05, 3.63) is 83.0 Å². The monoisotopic (exact) mass is 616 g/mol. The Morgan fingerprint density at radius 3 is 1.50 bits per heavy atom. The summed E-state index contributed by atoms with van der Waals surface area (Å²) in [5.41, 5.74) is 5.92. The molecular formula is C40H48N4O2+2. The van der Waals surface area contributed by atoms with Gasteiger partial charge < -0.3 is 29.0 Å². The van der Waals surface area contributed by atoms with E-state index in [4.69, 9.17) is 0 Å². The van der Waals surface area contributed by atoms with Crippen LogP contribution in [-0.4, -0.2) is 95.1 Å². The molecule has 2 saturated carbocycles. The van der Waals surface area contributed by atoms with Crippen LogP contribution in [0.15, 0.2) is 71.8 Å². The summed E-state index contributed by atoms with van der Waals surface area (Å²) in [4.78, 5) is 5.24. The lowest BCUT2D eigenvalue weighted by Crippen LogP contribution is -2.77. The zero-order chi connectivity index (χ0) is 31.0. The maximum Gasteiger partial charge on any atom is 0.159 e. The molecule has 2 aromatic rings. The molecule has 10 aliphatic rings. The number of nitrogens with zero attached hydrogens (tertiary/aromatic N) is 4. The minimum Gasteiger partial charge on any atom is -0.369 e. The second-order valence-corrected chi connectivity index (χ2v) is 17.9. The standard InChI is InChI=1S/C40H48N4O2/c1-5-23-21-43(3)17-15-37-27-11-7-10-14-30(27)42-36-34-26-20-32-38(16-18-44(32,4)22-24(26)6-2)28-12-8-9-13-29(28)41(40(34,38)46)35(36)33(39(37,42)45)25(23)19-31(37)43/h5-14,25-26,31-36,45-46H,15-22H2,1-4H3/q+2/b23-5-,24-6?. The van der Waals surface area contributed by atoms with E-state index in [1.54, 1.807) is 11.1 Å².